The Morgan fingerprint density at radius 1 is 1.16 bits per heavy atom. The van der Waals surface area contributed by atoms with Gasteiger partial charge in [-0.05, 0) is 23.1 Å². The van der Waals surface area contributed by atoms with Crippen LogP contribution >= 0.6 is 0 Å². The largest absolute Gasteiger partial charge is 0.331 e. The van der Waals surface area contributed by atoms with Crippen LogP contribution in [0.1, 0.15) is 26.3 Å². The van der Waals surface area contributed by atoms with Gasteiger partial charge in [0.2, 0.25) is 0 Å². The summed E-state index contributed by atoms with van der Waals surface area (Å²) >= 11 is 0. The van der Waals surface area contributed by atoms with Crippen molar-refractivity contribution in [1.82, 2.24) is 18.9 Å². The monoisotopic (exact) mass is 465 g/mol. The topological polar surface area (TPSA) is 120 Å². The van der Waals surface area contributed by atoms with E-state index in [4.69, 9.17) is 5.41 Å². The lowest BCUT2D eigenvalue weighted by atomic mass is 9.97. The molecule has 1 unspecified atom stereocenters. The number of sulfone groups is 1. The Bertz CT molecular complexity index is 1410. The van der Waals surface area contributed by atoms with Crippen LogP contribution in [0.5, 0.6) is 0 Å². The van der Waals surface area contributed by atoms with Crippen molar-refractivity contribution in [2.45, 2.75) is 43.8 Å². The maximum Gasteiger partial charge on any atom is 0.331 e. The molecule has 1 aromatic carbocycles. The first-order valence-corrected chi connectivity index (χ1v) is 13.0. The molecule has 11 heteroatoms. The highest BCUT2D eigenvalue weighted by Gasteiger charge is 2.24. The molecule has 0 radical (unpaired) electrons. The summed E-state index contributed by atoms with van der Waals surface area (Å²) in [7, 11) is -3.27. The van der Waals surface area contributed by atoms with Crippen LogP contribution in [0, 0.1) is 10.8 Å². The average Bonchev–Trinajstić information content (AvgIpc) is 3.01. The van der Waals surface area contributed by atoms with Crippen molar-refractivity contribution in [2.24, 2.45) is 12.5 Å². The average molecular weight is 466 g/mol. The molecule has 0 saturated carbocycles. The molecule has 0 aliphatic rings. The second-order valence-electron chi connectivity index (χ2n) is 8.87. The quantitative estimate of drug-likeness (QED) is 0.608. The Labute approximate surface area is 183 Å². The summed E-state index contributed by atoms with van der Waals surface area (Å²) in [5.41, 5.74) is 0.454. The highest BCUT2D eigenvalue weighted by atomic mass is 32.2. The predicted octanol–water partition coefficient (Wildman–Crippen LogP) is 1.25. The van der Waals surface area contributed by atoms with Gasteiger partial charge in [-0.1, -0.05) is 32.9 Å². The number of hydrogen-bond donors (Lipinski definition) is 1. The number of aromatic nitrogens is 4. The fourth-order valence-corrected chi connectivity index (χ4v) is 4.90. The minimum Gasteiger partial charge on any atom is -0.284 e. The molecule has 1 N–H and O–H groups in total. The molecule has 2 aromatic heterocycles. The van der Waals surface area contributed by atoms with Gasteiger partial charge in [0.1, 0.15) is 10.5 Å². The van der Waals surface area contributed by atoms with E-state index < -0.39 is 20.6 Å². The zero-order valence-corrected chi connectivity index (χ0v) is 20.1. The lowest BCUT2D eigenvalue weighted by molar-refractivity contribution is 0.336. The standard InChI is InChI=1S/C20H27N5O4S2/c1-20(2,3)12-24-17-15(16(21)23(4)19(24)26)18(30(5)27)25(22-17)11-13-7-9-14(10-8-13)31(6,28)29/h7-10,21H,11-12H2,1-6H3. The van der Waals surface area contributed by atoms with E-state index in [9.17, 15) is 17.4 Å². The molecule has 0 spiro atoms. The number of rotatable bonds is 5. The van der Waals surface area contributed by atoms with Crippen molar-refractivity contribution in [3.63, 3.8) is 0 Å². The summed E-state index contributed by atoms with van der Waals surface area (Å²) < 4.78 is 40.3. The Morgan fingerprint density at radius 3 is 2.23 bits per heavy atom. The smallest absolute Gasteiger partial charge is 0.284 e. The third-order valence-electron chi connectivity index (χ3n) is 4.82. The van der Waals surface area contributed by atoms with E-state index in [-0.39, 0.29) is 28.0 Å². The van der Waals surface area contributed by atoms with Crippen LogP contribution in [0.25, 0.3) is 11.0 Å². The van der Waals surface area contributed by atoms with Crippen molar-refractivity contribution in [1.29, 1.82) is 5.41 Å². The van der Waals surface area contributed by atoms with Crippen LogP contribution in [0.2, 0.25) is 0 Å². The molecule has 0 aliphatic carbocycles. The fourth-order valence-electron chi connectivity index (χ4n) is 3.40. The second-order valence-corrected chi connectivity index (χ2v) is 12.2. The highest BCUT2D eigenvalue weighted by molar-refractivity contribution is 7.90. The molecular formula is C20H27N5O4S2. The number of benzene rings is 1. The lowest BCUT2D eigenvalue weighted by Gasteiger charge is -2.20. The van der Waals surface area contributed by atoms with Gasteiger partial charge in [-0.25, -0.2) is 17.9 Å². The minimum absolute atomic E-state index is 0.0472. The van der Waals surface area contributed by atoms with E-state index in [1.165, 1.54) is 39.3 Å². The van der Waals surface area contributed by atoms with Crippen molar-refractivity contribution < 1.29 is 12.6 Å². The van der Waals surface area contributed by atoms with Gasteiger partial charge in [0.25, 0.3) is 0 Å². The summed E-state index contributed by atoms with van der Waals surface area (Å²) in [5, 5.41) is 13.8. The minimum atomic E-state index is -3.31. The van der Waals surface area contributed by atoms with E-state index in [1.807, 2.05) is 20.8 Å². The first-order chi connectivity index (χ1) is 14.2. The summed E-state index contributed by atoms with van der Waals surface area (Å²) in [6.07, 6.45) is 2.66. The summed E-state index contributed by atoms with van der Waals surface area (Å²) in [6.45, 7) is 6.60. The van der Waals surface area contributed by atoms with Gasteiger partial charge in [0.05, 0.1) is 27.6 Å². The van der Waals surface area contributed by atoms with Crippen molar-refractivity contribution >= 4 is 31.7 Å². The lowest BCUT2D eigenvalue weighted by Crippen LogP contribution is -2.40. The fraction of sp³-hybridized carbons (Fsp3) is 0.450. The number of fused-ring (bicyclic) bond motifs is 1. The van der Waals surface area contributed by atoms with E-state index in [2.05, 4.69) is 5.10 Å². The van der Waals surface area contributed by atoms with Crippen molar-refractivity contribution in [2.75, 3.05) is 12.5 Å². The molecule has 2 heterocycles. The normalized spacial score (nSPS) is 13.6. The third-order valence-corrected chi connectivity index (χ3v) is 6.91. The maximum atomic E-state index is 12.9. The van der Waals surface area contributed by atoms with Gasteiger partial charge in [0.15, 0.2) is 15.5 Å². The molecular weight excluding hydrogens is 438 g/mol. The molecule has 0 bridgehead atoms. The van der Waals surface area contributed by atoms with E-state index in [0.717, 1.165) is 11.8 Å². The molecule has 168 valence electrons. The Hall–Kier alpha value is -2.53. The number of nitrogens with zero attached hydrogens (tertiary/aromatic N) is 4. The summed E-state index contributed by atoms with van der Waals surface area (Å²) in [4.78, 5) is 13.1. The predicted molar refractivity (Wildman–Crippen MR) is 119 cm³/mol. The van der Waals surface area contributed by atoms with Crippen molar-refractivity contribution in [3.8, 4) is 0 Å². The summed E-state index contributed by atoms with van der Waals surface area (Å²) in [5.74, 6) is 0. The van der Waals surface area contributed by atoms with Crippen LogP contribution < -0.4 is 11.2 Å². The zero-order chi connectivity index (χ0) is 23.3. The number of hydrogen-bond acceptors (Lipinski definition) is 6. The van der Waals surface area contributed by atoms with E-state index >= 15 is 0 Å². The Kier molecular flexibility index (Phi) is 5.87. The SMILES string of the molecule is Cn1c(=N)c2c(S(C)=O)n(Cc3ccc(S(C)(=O)=O)cc3)nc2n(CC(C)(C)C)c1=O. The van der Waals surface area contributed by atoms with E-state index in [1.54, 1.807) is 12.1 Å². The van der Waals surface area contributed by atoms with Gasteiger partial charge >= 0.3 is 5.69 Å². The van der Waals surface area contributed by atoms with E-state index in [0.29, 0.717) is 22.6 Å². The Balaban J connectivity index is 2.25. The third kappa shape index (κ3) is 4.57. The van der Waals surface area contributed by atoms with Crippen molar-refractivity contribution in [3.05, 3.63) is 45.8 Å². The molecule has 0 amide bonds. The van der Waals surface area contributed by atoms with Gasteiger partial charge in [-0.15, -0.1) is 0 Å². The molecule has 31 heavy (non-hydrogen) atoms. The molecule has 9 nitrogen and oxygen atoms in total. The van der Waals surface area contributed by atoms with Crippen LogP contribution in [-0.4, -0.2) is 44.1 Å². The van der Waals surface area contributed by atoms with Crippen LogP contribution in [0.15, 0.2) is 39.0 Å². The first kappa shape index (κ1) is 23.1. The van der Waals surface area contributed by atoms with Crippen LogP contribution in [-0.2, 0) is 40.8 Å². The van der Waals surface area contributed by atoms with Crippen LogP contribution in [0.4, 0.5) is 0 Å². The maximum absolute atomic E-state index is 12.9. The van der Waals surface area contributed by atoms with Gasteiger partial charge in [-0.3, -0.25) is 18.8 Å². The van der Waals surface area contributed by atoms with Gasteiger partial charge in [-0.2, -0.15) is 5.10 Å². The molecule has 0 saturated heterocycles. The first-order valence-electron chi connectivity index (χ1n) is 9.58. The molecule has 1 atom stereocenters. The molecule has 0 fully saturated rings. The zero-order valence-electron chi connectivity index (χ0n) is 18.5. The Morgan fingerprint density at radius 2 is 1.74 bits per heavy atom. The van der Waals surface area contributed by atoms with Gasteiger partial charge < -0.3 is 0 Å². The molecule has 3 rings (SSSR count). The highest BCUT2D eigenvalue weighted by Crippen LogP contribution is 2.22. The number of nitrogens with one attached hydrogen (secondary N) is 1. The van der Waals surface area contributed by atoms with Gasteiger partial charge in [0, 0.05) is 26.1 Å². The molecule has 3 aromatic rings. The molecule has 0 aliphatic heterocycles. The second kappa shape index (κ2) is 7.86. The summed E-state index contributed by atoms with van der Waals surface area (Å²) in [6, 6.07) is 6.38. The van der Waals surface area contributed by atoms with Crippen LogP contribution in [0.3, 0.4) is 0 Å².